The molecule has 1 rings (SSSR count). The van der Waals surface area contributed by atoms with Crippen molar-refractivity contribution in [3.8, 4) is 0 Å². The summed E-state index contributed by atoms with van der Waals surface area (Å²) in [5, 5.41) is 30.0. The molecule has 0 spiro atoms. The Bertz CT molecular complexity index is 239. The van der Waals surface area contributed by atoms with Crippen LogP contribution in [0.2, 0.25) is 6.32 Å². The molecular weight excluding hydrogens is 209 g/mol. The van der Waals surface area contributed by atoms with Crippen molar-refractivity contribution >= 4 is 13.5 Å². The lowest BCUT2D eigenvalue weighted by Crippen LogP contribution is -2.52. The Labute approximate surface area is 96.1 Å². The molecule has 0 bridgehead atoms. The number of carboxylic acid groups (broad SMARTS) is 1. The van der Waals surface area contributed by atoms with Crippen LogP contribution in [-0.2, 0) is 4.79 Å². The van der Waals surface area contributed by atoms with E-state index in [9.17, 15) is 9.90 Å². The highest BCUT2D eigenvalue weighted by Crippen LogP contribution is 2.34. The first-order valence-corrected chi connectivity index (χ1v) is 5.87. The number of aliphatic carboxylic acids is 1. The zero-order valence-electron chi connectivity index (χ0n) is 9.48. The Hall–Kier alpha value is -0.585. The van der Waals surface area contributed by atoms with Crippen molar-refractivity contribution in [1.29, 1.82) is 0 Å². The second kappa shape index (κ2) is 6.22. The van der Waals surface area contributed by atoms with E-state index in [1.165, 1.54) is 0 Å². The van der Waals surface area contributed by atoms with E-state index in [0.717, 1.165) is 19.3 Å². The predicted octanol–water partition coefficient (Wildman–Crippen LogP) is -0.656. The van der Waals surface area contributed by atoms with E-state index in [1.54, 1.807) is 0 Å². The van der Waals surface area contributed by atoms with E-state index in [0.29, 0.717) is 12.9 Å². The van der Waals surface area contributed by atoms with Gasteiger partial charge >= 0.3 is 5.97 Å². The molecule has 0 aromatic carbocycles. The van der Waals surface area contributed by atoms with Crippen molar-refractivity contribution in [3.05, 3.63) is 0 Å². The minimum absolute atomic E-state index is 0.0590. The summed E-state index contributed by atoms with van der Waals surface area (Å²) >= 11 is 0. The quantitative estimate of drug-likeness (QED) is 0.344. The van der Waals surface area contributed by atoms with Crippen molar-refractivity contribution in [2.75, 3.05) is 13.2 Å². The average Bonchev–Trinajstić information content (AvgIpc) is 2.64. The fourth-order valence-corrected chi connectivity index (χ4v) is 2.58. The van der Waals surface area contributed by atoms with E-state index >= 15 is 0 Å². The lowest BCUT2D eigenvalue weighted by molar-refractivity contribution is -0.147. The molecule has 4 N–H and O–H groups in total. The molecule has 92 valence electrons. The smallest absolute Gasteiger partial charge is 0.324 e. The summed E-state index contributed by atoms with van der Waals surface area (Å²) < 4.78 is 0. The Morgan fingerprint density at radius 1 is 1.56 bits per heavy atom. The fraction of sp³-hybridized carbons (Fsp3) is 0.900. The largest absolute Gasteiger partial charge is 0.480 e. The number of nitrogens with one attached hydrogen (secondary N) is 1. The van der Waals surface area contributed by atoms with Crippen LogP contribution >= 0.6 is 0 Å². The molecule has 1 saturated heterocycles. The number of aliphatic hydroxyl groups is 1. The third-order valence-electron chi connectivity index (χ3n) is 3.48. The van der Waals surface area contributed by atoms with Gasteiger partial charge in [-0.3, -0.25) is 4.79 Å². The van der Waals surface area contributed by atoms with Gasteiger partial charge in [0, 0.05) is 6.61 Å². The maximum atomic E-state index is 11.3. The van der Waals surface area contributed by atoms with E-state index in [4.69, 9.17) is 10.1 Å². The van der Waals surface area contributed by atoms with E-state index in [2.05, 4.69) is 5.32 Å². The zero-order chi connectivity index (χ0) is 12.0. The molecule has 0 radical (unpaired) electrons. The standard InChI is InChI=1S/C10H20BNO4/c13-7-4-10(9(14)15)8(3-6-12-10)2-1-5-11-16/h8,11-13,16H,1-7H2,(H,14,15). The molecular formula is C10H20BNO4. The molecule has 5 nitrogen and oxygen atoms in total. The SMILES string of the molecule is O=C(O)C1(CCO)NCCC1CCCBO. The van der Waals surface area contributed by atoms with Crippen molar-refractivity contribution < 1.29 is 20.0 Å². The van der Waals surface area contributed by atoms with Crippen LogP contribution in [0.3, 0.4) is 0 Å². The van der Waals surface area contributed by atoms with Crippen LogP contribution in [0.1, 0.15) is 25.7 Å². The third-order valence-corrected chi connectivity index (χ3v) is 3.48. The van der Waals surface area contributed by atoms with E-state index < -0.39 is 11.5 Å². The van der Waals surface area contributed by atoms with Gasteiger partial charge in [0.15, 0.2) is 0 Å². The van der Waals surface area contributed by atoms with Gasteiger partial charge in [-0.15, -0.1) is 0 Å². The minimum atomic E-state index is -0.954. The van der Waals surface area contributed by atoms with Crippen LogP contribution in [0.25, 0.3) is 0 Å². The molecule has 0 aromatic heterocycles. The molecule has 1 aliphatic rings. The summed E-state index contributed by atoms with van der Waals surface area (Å²) in [6.45, 7) is 0.575. The van der Waals surface area contributed by atoms with Gasteiger partial charge in [-0.05, 0) is 31.7 Å². The van der Waals surface area contributed by atoms with Crippen molar-refractivity contribution in [2.24, 2.45) is 5.92 Å². The Morgan fingerprint density at radius 3 is 2.88 bits per heavy atom. The second-order valence-electron chi connectivity index (χ2n) is 4.38. The van der Waals surface area contributed by atoms with Gasteiger partial charge in [-0.2, -0.15) is 0 Å². The summed E-state index contributed by atoms with van der Waals surface area (Å²) in [6.07, 6.45) is 3.43. The van der Waals surface area contributed by atoms with Gasteiger partial charge in [-0.25, -0.2) is 0 Å². The third kappa shape index (κ3) is 2.75. The van der Waals surface area contributed by atoms with Gasteiger partial charge in [0.2, 0.25) is 0 Å². The molecule has 0 amide bonds. The molecule has 0 saturated carbocycles. The number of hydrogen-bond donors (Lipinski definition) is 4. The van der Waals surface area contributed by atoms with Crippen LogP contribution in [0, 0.1) is 5.92 Å². The number of carboxylic acids is 1. The van der Waals surface area contributed by atoms with E-state index in [1.807, 2.05) is 0 Å². The lowest BCUT2D eigenvalue weighted by atomic mass is 9.78. The summed E-state index contributed by atoms with van der Waals surface area (Å²) in [4.78, 5) is 11.3. The van der Waals surface area contributed by atoms with Crippen LogP contribution in [0.15, 0.2) is 0 Å². The Kier molecular flexibility index (Phi) is 5.24. The second-order valence-corrected chi connectivity index (χ2v) is 4.38. The molecule has 0 aromatic rings. The van der Waals surface area contributed by atoms with Gasteiger partial charge in [0.05, 0.1) is 0 Å². The Balaban J connectivity index is 2.62. The van der Waals surface area contributed by atoms with Crippen LogP contribution in [-0.4, -0.2) is 47.4 Å². The number of hydrogen-bond acceptors (Lipinski definition) is 4. The Morgan fingerprint density at radius 2 is 2.31 bits per heavy atom. The highest BCUT2D eigenvalue weighted by molar-refractivity contribution is 6.25. The molecule has 16 heavy (non-hydrogen) atoms. The number of rotatable bonds is 7. The molecule has 2 unspecified atom stereocenters. The summed E-state index contributed by atoms with van der Waals surface area (Å²) in [6, 6.07) is 0. The maximum Gasteiger partial charge on any atom is 0.324 e. The molecule has 0 aliphatic carbocycles. The van der Waals surface area contributed by atoms with Gasteiger partial charge in [0.25, 0.3) is 7.48 Å². The number of aliphatic hydroxyl groups excluding tert-OH is 1. The molecule has 1 heterocycles. The molecule has 1 fully saturated rings. The van der Waals surface area contributed by atoms with Crippen molar-refractivity contribution in [2.45, 2.75) is 37.5 Å². The number of carbonyl (C=O) groups is 1. The highest BCUT2D eigenvalue weighted by Gasteiger charge is 2.47. The van der Waals surface area contributed by atoms with Crippen LogP contribution < -0.4 is 5.32 Å². The predicted molar refractivity (Wildman–Crippen MR) is 61.6 cm³/mol. The maximum absolute atomic E-state index is 11.3. The molecule has 1 aliphatic heterocycles. The fourth-order valence-electron chi connectivity index (χ4n) is 2.58. The van der Waals surface area contributed by atoms with Gasteiger partial charge in [0.1, 0.15) is 5.54 Å². The zero-order valence-corrected chi connectivity index (χ0v) is 9.48. The summed E-state index contributed by atoms with van der Waals surface area (Å²) in [7, 11) is 0.153. The highest BCUT2D eigenvalue weighted by atomic mass is 16.4. The first-order chi connectivity index (χ1) is 7.67. The van der Waals surface area contributed by atoms with Crippen LogP contribution in [0.4, 0.5) is 0 Å². The molecule has 6 heteroatoms. The minimum Gasteiger partial charge on any atom is -0.480 e. The first kappa shape index (κ1) is 13.5. The van der Waals surface area contributed by atoms with Crippen molar-refractivity contribution in [3.63, 3.8) is 0 Å². The lowest BCUT2D eigenvalue weighted by Gasteiger charge is -2.30. The summed E-state index contributed by atoms with van der Waals surface area (Å²) in [5.41, 5.74) is -0.954. The van der Waals surface area contributed by atoms with Crippen LogP contribution in [0.5, 0.6) is 0 Å². The monoisotopic (exact) mass is 229 g/mol. The normalized spacial score (nSPS) is 29.2. The van der Waals surface area contributed by atoms with Gasteiger partial charge < -0.3 is 20.6 Å². The van der Waals surface area contributed by atoms with Gasteiger partial charge in [-0.1, -0.05) is 12.7 Å². The molecule has 2 atom stereocenters. The first-order valence-electron chi connectivity index (χ1n) is 5.87. The van der Waals surface area contributed by atoms with Crippen molar-refractivity contribution in [1.82, 2.24) is 5.32 Å². The van der Waals surface area contributed by atoms with E-state index in [-0.39, 0.29) is 26.4 Å². The summed E-state index contributed by atoms with van der Waals surface area (Å²) in [5.74, 6) is -0.809. The topological polar surface area (TPSA) is 89.8 Å². The average molecular weight is 229 g/mol.